The average molecular weight is 375 g/mol. The fourth-order valence-electron chi connectivity index (χ4n) is 3.80. The molecule has 0 spiro atoms. The second-order valence-corrected chi connectivity index (χ2v) is 6.96. The van der Waals surface area contributed by atoms with Gasteiger partial charge in [-0.15, -0.1) is 0 Å². The van der Waals surface area contributed by atoms with E-state index in [0.717, 1.165) is 54.8 Å². The third-order valence-electron chi connectivity index (χ3n) is 5.23. The summed E-state index contributed by atoms with van der Waals surface area (Å²) in [4.78, 5) is 24.3. The molecular formula is C21H21N5O2. The number of carbonyl (C=O) groups is 1. The normalized spacial score (nSPS) is 15.4. The number of fused-ring (bicyclic) bond motifs is 5. The van der Waals surface area contributed by atoms with Crippen LogP contribution in [-0.4, -0.2) is 64.6 Å². The van der Waals surface area contributed by atoms with E-state index >= 15 is 0 Å². The first-order valence-corrected chi connectivity index (χ1v) is 9.53. The van der Waals surface area contributed by atoms with E-state index in [0.29, 0.717) is 17.8 Å². The van der Waals surface area contributed by atoms with Gasteiger partial charge in [0.1, 0.15) is 0 Å². The molecule has 0 radical (unpaired) electrons. The van der Waals surface area contributed by atoms with Crippen LogP contribution in [0.3, 0.4) is 0 Å². The van der Waals surface area contributed by atoms with E-state index in [1.807, 2.05) is 40.8 Å². The molecule has 5 rings (SSSR count). The van der Waals surface area contributed by atoms with Crippen molar-refractivity contribution in [2.24, 2.45) is 0 Å². The fraction of sp³-hybridized carbons (Fsp3) is 0.286. The lowest BCUT2D eigenvalue weighted by molar-refractivity contribution is 0.0383. The quantitative estimate of drug-likeness (QED) is 0.591. The van der Waals surface area contributed by atoms with E-state index < -0.39 is 0 Å². The first-order chi connectivity index (χ1) is 13.8. The number of aromatic nitrogens is 3. The van der Waals surface area contributed by atoms with Gasteiger partial charge in [-0.05, 0) is 24.3 Å². The summed E-state index contributed by atoms with van der Waals surface area (Å²) in [7, 11) is 0. The predicted molar refractivity (Wildman–Crippen MR) is 108 cm³/mol. The molecule has 142 valence electrons. The highest BCUT2D eigenvalue weighted by molar-refractivity contribution is 6.05. The second-order valence-electron chi connectivity index (χ2n) is 6.96. The molecule has 4 aromatic rings. The maximum absolute atomic E-state index is 13.0. The number of hydrogen-bond acceptors (Lipinski definition) is 5. The van der Waals surface area contributed by atoms with Crippen molar-refractivity contribution in [2.45, 2.75) is 0 Å². The van der Waals surface area contributed by atoms with E-state index in [1.165, 1.54) is 0 Å². The maximum Gasteiger partial charge on any atom is 0.255 e. The smallest absolute Gasteiger partial charge is 0.255 e. The summed E-state index contributed by atoms with van der Waals surface area (Å²) in [5.74, 6) is -0.112. The number of imidazole rings is 1. The minimum absolute atomic E-state index is 0.112. The van der Waals surface area contributed by atoms with Crippen molar-refractivity contribution in [3.8, 4) is 0 Å². The zero-order chi connectivity index (χ0) is 18.9. The van der Waals surface area contributed by atoms with Crippen molar-refractivity contribution >= 4 is 33.5 Å². The predicted octanol–water partition coefficient (Wildman–Crippen LogP) is 2.10. The number of para-hydroxylation sites is 2. The molecule has 1 fully saturated rings. The van der Waals surface area contributed by atoms with Gasteiger partial charge in [-0.3, -0.25) is 19.1 Å². The van der Waals surface area contributed by atoms with Crippen molar-refractivity contribution in [1.82, 2.24) is 24.6 Å². The van der Waals surface area contributed by atoms with Gasteiger partial charge in [0.15, 0.2) is 5.65 Å². The SMILES string of the molecule is O=C(NCCN1CCOCC1)c1cc2cnccc2n2c1nc1ccccc12. The molecule has 1 saturated heterocycles. The highest BCUT2D eigenvalue weighted by atomic mass is 16.5. The standard InChI is InChI=1S/C21H21N5O2/c27-21(23-7-8-25-9-11-28-12-10-25)16-13-15-14-22-6-5-18(15)26-19-4-2-1-3-17(19)24-20(16)26/h1-6,13-14H,7-12H2,(H,23,27). The number of benzene rings is 1. The van der Waals surface area contributed by atoms with Gasteiger partial charge in [-0.2, -0.15) is 0 Å². The van der Waals surface area contributed by atoms with E-state index in [4.69, 9.17) is 9.72 Å². The van der Waals surface area contributed by atoms with Gasteiger partial charge in [0.25, 0.3) is 5.91 Å². The van der Waals surface area contributed by atoms with Gasteiger partial charge in [0, 0.05) is 44.0 Å². The number of rotatable bonds is 4. The number of nitrogens with zero attached hydrogens (tertiary/aromatic N) is 4. The third kappa shape index (κ3) is 2.98. The minimum atomic E-state index is -0.112. The maximum atomic E-state index is 13.0. The van der Waals surface area contributed by atoms with Crippen molar-refractivity contribution in [1.29, 1.82) is 0 Å². The van der Waals surface area contributed by atoms with Crippen molar-refractivity contribution < 1.29 is 9.53 Å². The van der Waals surface area contributed by atoms with Crippen LogP contribution in [0.25, 0.3) is 27.6 Å². The van der Waals surface area contributed by atoms with Crippen LogP contribution in [0.2, 0.25) is 0 Å². The molecule has 7 heteroatoms. The van der Waals surface area contributed by atoms with Crippen LogP contribution in [0.5, 0.6) is 0 Å². The Morgan fingerprint density at radius 1 is 1.14 bits per heavy atom. The summed E-state index contributed by atoms with van der Waals surface area (Å²) < 4.78 is 7.41. The Balaban J connectivity index is 1.51. The van der Waals surface area contributed by atoms with Crippen LogP contribution in [0, 0.1) is 0 Å². The molecule has 7 nitrogen and oxygen atoms in total. The van der Waals surface area contributed by atoms with E-state index in [-0.39, 0.29) is 5.91 Å². The zero-order valence-electron chi connectivity index (χ0n) is 15.5. The molecule has 4 heterocycles. The molecule has 3 aromatic heterocycles. The van der Waals surface area contributed by atoms with Gasteiger partial charge in [-0.1, -0.05) is 12.1 Å². The Bertz CT molecular complexity index is 1160. The molecule has 1 N–H and O–H groups in total. The lowest BCUT2D eigenvalue weighted by Gasteiger charge is -2.26. The van der Waals surface area contributed by atoms with E-state index in [1.54, 1.807) is 12.4 Å². The lowest BCUT2D eigenvalue weighted by atomic mass is 10.1. The molecule has 0 unspecified atom stereocenters. The minimum Gasteiger partial charge on any atom is -0.379 e. The highest BCUT2D eigenvalue weighted by Gasteiger charge is 2.18. The van der Waals surface area contributed by atoms with Gasteiger partial charge in [0.05, 0.1) is 35.3 Å². The first kappa shape index (κ1) is 17.1. The van der Waals surface area contributed by atoms with Crippen LogP contribution in [-0.2, 0) is 4.74 Å². The largest absolute Gasteiger partial charge is 0.379 e. The number of amides is 1. The van der Waals surface area contributed by atoms with Gasteiger partial charge < -0.3 is 10.1 Å². The zero-order valence-corrected chi connectivity index (χ0v) is 15.5. The monoisotopic (exact) mass is 375 g/mol. The Hall–Kier alpha value is -3.03. The van der Waals surface area contributed by atoms with E-state index in [9.17, 15) is 4.79 Å². The molecule has 1 amide bonds. The van der Waals surface area contributed by atoms with Gasteiger partial charge in [0.2, 0.25) is 0 Å². The summed E-state index contributed by atoms with van der Waals surface area (Å²) >= 11 is 0. The van der Waals surface area contributed by atoms with Crippen molar-refractivity contribution in [3.63, 3.8) is 0 Å². The van der Waals surface area contributed by atoms with Crippen molar-refractivity contribution in [3.05, 3.63) is 54.4 Å². The Labute approximate surface area is 161 Å². The number of ether oxygens (including phenoxy) is 1. The molecule has 0 aliphatic carbocycles. The molecule has 1 aliphatic heterocycles. The summed E-state index contributed by atoms with van der Waals surface area (Å²) in [5, 5.41) is 3.97. The van der Waals surface area contributed by atoms with Gasteiger partial charge in [-0.25, -0.2) is 4.98 Å². The summed E-state index contributed by atoms with van der Waals surface area (Å²) in [6.07, 6.45) is 3.55. The Morgan fingerprint density at radius 2 is 2.00 bits per heavy atom. The highest BCUT2D eigenvalue weighted by Crippen LogP contribution is 2.25. The topological polar surface area (TPSA) is 71.8 Å². The van der Waals surface area contributed by atoms with Crippen molar-refractivity contribution in [2.75, 3.05) is 39.4 Å². The lowest BCUT2D eigenvalue weighted by Crippen LogP contribution is -2.41. The molecule has 0 saturated carbocycles. The number of carbonyl (C=O) groups excluding carboxylic acids is 1. The molecule has 1 aliphatic rings. The summed E-state index contributed by atoms with van der Waals surface area (Å²) in [5.41, 5.74) is 4.08. The molecule has 28 heavy (non-hydrogen) atoms. The number of nitrogens with one attached hydrogen (secondary N) is 1. The molecular weight excluding hydrogens is 354 g/mol. The van der Waals surface area contributed by atoms with Crippen LogP contribution in [0.1, 0.15) is 10.4 Å². The summed E-state index contributed by atoms with van der Waals surface area (Å²) in [6.45, 7) is 4.74. The summed E-state index contributed by atoms with van der Waals surface area (Å²) in [6, 6.07) is 11.8. The Kier molecular flexibility index (Phi) is 4.38. The molecule has 0 bridgehead atoms. The average Bonchev–Trinajstić information content (AvgIpc) is 3.14. The fourth-order valence-corrected chi connectivity index (χ4v) is 3.80. The first-order valence-electron chi connectivity index (χ1n) is 9.53. The number of morpholine rings is 1. The number of hydrogen-bond donors (Lipinski definition) is 1. The van der Waals surface area contributed by atoms with Crippen LogP contribution >= 0.6 is 0 Å². The third-order valence-corrected chi connectivity index (χ3v) is 5.23. The Morgan fingerprint density at radius 3 is 2.89 bits per heavy atom. The molecule has 1 aromatic carbocycles. The van der Waals surface area contributed by atoms with Gasteiger partial charge >= 0.3 is 0 Å². The van der Waals surface area contributed by atoms with E-state index in [2.05, 4.69) is 15.2 Å². The number of pyridine rings is 2. The van der Waals surface area contributed by atoms with Crippen LogP contribution in [0.4, 0.5) is 0 Å². The van der Waals surface area contributed by atoms with Crippen LogP contribution < -0.4 is 5.32 Å². The molecule has 0 atom stereocenters. The second kappa shape index (κ2) is 7.18. The van der Waals surface area contributed by atoms with Crippen LogP contribution in [0.15, 0.2) is 48.8 Å².